The summed E-state index contributed by atoms with van der Waals surface area (Å²) in [4.78, 5) is 26.6. The summed E-state index contributed by atoms with van der Waals surface area (Å²) in [5.74, 6) is 2.13. The molecule has 7 heteroatoms. The van der Waals surface area contributed by atoms with E-state index in [4.69, 9.17) is 9.51 Å². The molecule has 1 saturated carbocycles. The largest absolute Gasteiger partial charge is 0.356 e. The zero-order valence-corrected chi connectivity index (χ0v) is 17.7. The molecule has 0 radical (unpaired) electrons. The van der Waals surface area contributed by atoms with Gasteiger partial charge in [-0.1, -0.05) is 18.0 Å². The second-order valence-corrected chi connectivity index (χ2v) is 8.65. The molecule has 0 bridgehead atoms. The fourth-order valence-electron chi connectivity index (χ4n) is 4.63. The summed E-state index contributed by atoms with van der Waals surface area (Å²) in [6, 6.07) is 1.87. The highest BCUT2D eigenvalue weighted by atomic mass is 16.5. The van der Waals surface area contributed by atoms with Gasteiger partial charge in [0.05, 0.1) is 23.0 Å². The van der Waals surface area contributed by atoms with Crippen LogP contribution in [0.3, 0.4) is 0 Å². The average Bonchev–Trinajstić information content (AvgIpc) is 3.39. The number of aryl methyl sites for hydroxylation is 1. The zero-order chi connectivity index (χ0) is 20.4. The summed E-state index contributed by atoms with van der Waals surface area (Å²) in [7, 11) is 3.86. The zero-order valence-electron chi connectivity index (χ0n) is 17.7. The summed E-state index contributed by atoms with van der Waals surface area (Å²) in [5.41, 5.74) is 2.53. The molecular weight excluding hydrogens is 366 g/mol. The van der Waals surface area contributed by atoms with E-state index in [1.54, 1.807) is 0 Å². The van der Waals surface area contributed by atoms with Gasteiger partial charge in [0, 0.05) is 39.3 Å². The number of likely N-dealkylation sites (tertiary alicyclic amines) is 1. The third kappa shape index (κ3) is 4.28. The summed E-state index contributed by atoms with van der Waals surface area (Å²) in [6.07, 6.45) is 10.4. The number of carbonyl (C=O) groups is 1. The van der Waals surface area contributed by atoms with E-state index in [1.807, 2.05) is 38.2 Å². The Bertz CT molecular complexity index is 857. The number of nitrogens with zero attached hydrogens (tertiary/aromatic N) is 5. The monoisotopic (exact) mass is 397 g/mol. The minimum Gasteiger partial charge on any atom is -0.356 e. The van der Waals surface area contributed by atoms with Gasteiger partial charge in [0.15, 0.2) is 5.76 Å². The van der Waals surface area contributed by atoms with E-state index in [2.05, 4.69) is 15.0 Å². The quantitative estimate of drug-likeness (QED) is 0.755. The van der Waals surface area contributed by atoms with Gasteiger partial charge in [-0.3, -0.25) is 4.79 Å². The number of piperidine rings is 1. The molecule has 1 atom stereocenters. The highest BCUT2D eigenvalue weighted by Gasteiger charge is 2.33. The third-order valence-electron chi connectivity index (χ3n) is 6.18. The minimum atomic E-state index is -0.0419. The van der Waals surface area contributed by atoms with Crippen LogP contribution in [0.15, 0.2) is 16.8 Å². The first-order valence-corrected chi connectivity index (χ1v) is 10.8. The molecule has 1 saturated heterocycles. The predicted molar refractivity (Wildman–Crippen MR) is 111 cm³/mol. The fraction of sp³-hybridized carbons (Fsp3) is 0.636. The van der Waals surface area contributed by atoms with Gasteiger partial charge in [-0.05, 0) is 44.9 Å². The normalized spacial score (nSPS) is 20.2. The lowest BCUT2D eigenvalue weighted by Crippen LogP contribution is -2.40. The molecule has 156 valence electrons. The molecule has 3 heterocycles. The van der Waals surface area contributed by atoms with Crippen LogP contribution in [0.25, 0.3) is 11.3 Å². The molecule has 1 aliphatic carbocycles. The number of carbonyl (C=O) groups excluding carboxylic acids is 1. The van der Waals surface area contributed by atoms with Crippen LogP contribution in [0, 0.1) is 12.8 Å². The van der Waals surface area contributed by atoms with Gasteiger partial charge < -0.3 is 14.3 Å². The molecule has 7 nitrogen and oxygen atoms in total. The molecule has 2 fully saturated rings. The molecule has 0 N–H and O–H groups in total. The average molecular weight is 398 g/mol. The molecule has 4 rings (SSSR count). The molecule has 29 heavy (non-hydrogen) atoms. The lowest BCUT2D eigenvalue weighted by Gasteiger charge is -2.37. The third-order valence-corrected chi connectivity index (χ3v) is 6.18. The van der Waals surface area contributed by atoms with Crippen LogP contribution in [-0.2, 0) is 4.79 Å². The van der Waals surface area contributed by atoms with Crippen LogP contribution < -0.4 is 4.90 Å². The summed E-state index contributed by atoms with van der Waals surface area (Å²) in [6.45, 7) is 2.70. The van der Waals surface area contributed by atoms with E-state index < -0.39 is 0 Å². The fourth-order valence-corrected chi connectivity index (χ4v) is 4.63. The van der Waals surface area contributed by atoms with Crippen LogP contribution in [0.1, 0.15) is 68.8 Å². The first-order chi connectivity index (χ1) is 14.0. The molecule has 2 aromatic rings. The molecule has 1 amide bonds. The second kappa shape index (κ2) is 8.51. The number of amides is 1. The molecule has 1 aliphatic heterocycles. The smallest absolute Gasteiger partial charge is 0.225 e. The molecular formula is C22H31N5O2. The van der Waals surface area contributed by atoms with E-state index in [-0.39, 0.29) is 11.9 Å². The maximum atomic E-state index is 13.2. The highest BCUT2D eigenvalue weighted by Crippen LogP contribution is 2.38. The van der Waals surface area contributed by atoms with Gasteiger partial charge in [-0.2, -0.15) is 0 Å². The van der Waals surface area contributed by atoms with Crippen molar-refractivity contribution in [3.05, 3.63) is 23.7 Å². The maximum absolute atomic E-state index is 13.2. The highest BCUT2D eigenvalue weighted by molar-refractivity contribution is 5.77. The van der Waals surface area contributed by atoms with E-state index in [0.717, 1.165) is 42.8 Å². The Labute approximate surface area is 172 Å². The second-order valence-electron chi connectivity index (χ2n) is 8.65. The predicted octanol–water partition coefficient (Wildman–Crippen LogP) is 4.14. The lowest BCUT2D eigenvalue weighted by molar-refractivity contribution is -0.136. The van der Waals surface area contributed by atoms with Crippen molar-refractivity contribution in [3.8, 4) is 11.3 Å². The molecule has 0 aromatic carbocycles. The van der Waals surface area contributed by atoms with Gasteiger partial charge in [-0.25, -0.2) is 9.97 Å². The SMILES string of the molecule is Cc1cc(-c2cnc(N(C)C)nc2[C@@H]2CCCCN2C(=O)CC2CCCC2)on1. The van der Waals surface area contributed by atoms with Gasteiger partial charge in [0.1, 0.15) is 0 Å². The van der Waals surface area contributed by atoms with Gasteiger partial charge >= 0.3 is 0 Å². The maximum Gasteiger partial charge on any atom is 0.225 e. The summed E-state index contributed by atoms with van der Waals surface area (Å²) >= 11 is 0. The number of hydrogen-bond donors (Lipinski definition) is 0. The Hall–Kier alpha value is -2.44. The Morgan fingerprint density at radius 2 is 1.97 bits per heavy atom. The minimum absolute atomic E-state index is 0.0419. The van der Waals surface area contributed by atoms with E-state index >= 15 is 0 Å². The molecule has 0 spiro atoms. The number of rotatable bonds is 5. The van der Waals surface area contributed by atoms with Crippen LogP contribution in [0.4, 0.5) is 5.95 Å². The van der Waals surface area contributed by atoms with E-state index in [1.165, 1.54) is 25.7 Å². The van der Waals surface area contributed by atoms with Crippen molar-refractivity contribution in [2.75, 3.05) is 25.5 Å². The lowest BCUT2D eigenvalue weighted by atomic mass is 9.94. The van der Waals surface area contributed by atoms with Crippen molar-refractivity contribution in [2.45, 2.75) is 64.3 Å². The van der Waals surface area contributed by atoms with Crippen LogP contribution in [0.5, 0.6) is 0 Å². The van der Waals surface area contributed by atoms with E-state index in [9.17, 15) is 4.79 Å². The Kier molecular flexibility index (Phi) is 5.83. The van der Waals surface area contributed by atoms with Crippen molar-refractivity contribution in [1.29, 1.82) is 0 Å². The Morgan fingerprint density at radius 1 is 1.21 bits per heavy atom. The van der Waals surface area contributed by atoms with Crippen molar-refractivity contribution in [1.82, 2.24) is 20.0 Å². The van der Waals surface area contributed by atoms with Crippen molar-refractivity contribution < 1.29 is 9.32 Å². The number of aromatic nitrogens is 3. The first-order valence-electron chi connectivity index (χ1n) is 10.8. The standard InChI is InChI=1S/C22H31N5O2/c1-15-12-19(29-25-15)17-14-23-22(26(2)3)24-21(17)18-10-6-7-11-27(18)20(28)13-16-8-4-5-9-16/h12,14,16,18H,4-11,13H2,1-3H3/t18-/m0/s1. The van der Waals surface area contributed by atoms with Gasteiger partial charge in [-0.15, -0.1) is 0 Å². The number of hydrogen-bond acceptors (Lipinski definition) is 6. The Morgan fingerprint density at radius 3 is 2.66 bits per heavy atom. The van der Waals surface area contributed by atoms with Crippen LogP contribution in [0.2, 0.25) is 0 Å². The molecule has 2 aliphatic rings. The van der Waals surface area contributed by atoms with Crippen molar-refractivity contribution in [2.24, 2.45) is 5.92 Å². The Balaban J connectivity index is 1.69. The van der Waals surface area contributed by atoms with Gasteiger partial charge in [0.2, 0.25) is 11.9 Å². The molecule has 2 aromatic heterocycles. The number of anilines is 1. The van der Waals surface area contributed by atoms with Crippen molar-refractivity contribution >= 4 is 11.9 Å². The topological polar surface area (TPSA) is 75.4 Å². The van der Waals surface area contributed by atoms with E-state index in [0.29, 0.717) is 24.0 Å². The van der Waals surface area contributed by atoms with Crippen LogP contribution >= 0.6 is 0 Å². The van der Waals surface area contributed by atoms with Crippen LogP contribution in [-0.4, -0.2) is 46.6 Å². The first kappa shape index (κ1) is 19.9. The van der Waals surface area contributed by atoms with Crippen molar-refractivity contribution in [3.63, 3.8) is 0 Å². The summed E-state index contributed by atoms with van der Waals surface area (Å²) in [5, 5.41) is 4.04. The summed E-state index contributed by atoms with van der Waals surface area (Å²) < 4.78 is 5.54. The van der Waals surface area contributed by atoms with Gasteiger partial charge in [0.25, 0.3) is 0 Å². The molecule has 0 unspecified atom stereocenters.